The minimum Gasteiger partial charge on any atom is -0.444 e. The molecule has 1 aromatic rings. The molecule has 0 atom stereocenters. The Morgan fingerprint density at radius 1 is 1.07 bits per heavy atom. The van der Waals surface area contributed by atoms with E-state index in [1.807, 2.05) is 4.90 Å². The first-order valence-electron chi connectivity index (χ1n) is 9.12. The number of anilines is 1. The minimum atomic E-state index is -4.54. The molecule has 0 saturated carbocycles. The summed E-state index contributed by atoms with van der Waals surface area (Å²) in [6.07, 6.45) is -4.30. The predicted molar refractivity (Wildman–Crippen MR) is 98.9 cm³/mol. The van der Waals surface area contributed by atoms with E-state index >= 15 is 0 Å². The highest BCUT2D eigenvalue weighted by atomic mass is 19.4. The Kier molecular flexibility index (Phi) is 6.92. The van der Waals surface area contributed by atoms with Crippen molar-refractivity contribution in [3.05, 3.63) is 29.8 Å². The zero-order valence-electron chi connectivity index (χ0n) is 16.3. The second kappa shape index (κ2) is 8.81. The first-order chi connectivity index (χ1) is 13.0. The predicted octanol–water partition coefficient (Wildman–Crippen LogP) is 3.59. The number of nitrogens with one attached hydrogen (secondary N) is 1. The standard InChI is InChI=1S/C19H26F3N3O3/c1-18(2,3)28-17(27)25-10-6-9-24(11-12-25)13-16(26)23-15-8-5-4-7-14(15)19(20,21)22/h4-5,7-8H,6,9-13H2,1-3H3,(H,23,26). The Morgan fingerprint density at radius 2 is 1.75 bits per heavy atom. The van der Waals surface area contributed by atoms with Crippen LogP contribution in [0.3, 0.4) is 0 Å². The lowest BCUT2D eigenvalue weighted by Crippen LogP contribution is -2.40. The van der Waals surface area contributed by atoms with Gasteiger partial charge in [0.25, 0.3) is 0 Å². The third-order valence-corrected chi connectivity index (χ3v) is 4.11. The fourth-order valence-electron chi connectivity index (χ4n) is 2.87. The second-order valence-corrected chi connectivity index (χ2v) is 7.69. The highest BCUT2D eigenvalue weighted by Gasteiger charge is 2.33. The number of para-hydroxylation sites is 1. The number of benzene rings is 1. The molecule has 6 nitrogen and oxygen atoms in total. The van der Waals surface area contributed by atoms with Crippen molar-refractivity contribution < 1.29 is 27.5 Å². The van der Waals surface area contributed by atoms with E-state index in [2.05, 4.69) is 5.32 Å². The molecule has 1 fully saturated rings. The van der Waals surface area contributed by atoms with Gasteiger partial charge in [-0.05, 0) is 39.3 Å². The quantitative estimate of drug-likeness (QED) is 0.841. The van der Waals surface area contributed by atoms with E-state index in [4.69, 9.17) is 4.74 Å². The van der Waals surface area contributed by atoms with Crippen LogP contribution >= 0.6 is 0 Å². The molecule has 0 spiro atoms. The van der Waals surface area contributed by atoms with E-state index in [9.17, 15) is 22.8 Å². The van der Waals surface area contributed by atoms with Crippen LogP contribution in [0.25, 0.3) is 0 Å². The second-order valence-electron chi connectivity index (χ2n) is 7.69. The first-order valence-corrected chi connectivity index (χ1v) is 9.12. The van der Waals surface area contributed by atoms with Gasteiger partial charge >= 0.3 is 12.3 Å². The summed E-state index contributed by atoms with van der Waals surface area (Å²) in [5.41, 5.74) is -1.73. The molecule has 1 aromatic carbocycles. The lowest BCUT2D eigenvalue weighted by atomic mass is 10.1. The molecule has 1 aliphatic rings. The Hall–Kier alpha value is -2.29. The molecule has 0 radical (unpaired) electrons. The number of halogens is 3. The van der Waals surface area contributed by atoms with Gasteiger partial charge in [0, 0.05) is 26.2 Å². The minimum absolute atomic E-state index is 0.0473. The molecule has 0 bridgehead atoms. The van der Waals surface area contributed by atoms with Gasteiger partial charge < -0.3 is 15.0 Å². The fourth-order valence-corrected chi connectivity index (χ4v) is 2.87. The van der Waals surface area contributed by atoms with Crippen molar-refractivity contribution in [2.45, 2.75) is 39.0 Å². The highest BCUT2D eigenvalue weighted by molar-refractivity contribution is 5.93. The average molecular weight is 401 g/mol. The van der Waals surface area contributed by atoms with Gasteiger partial charge in [-0.15, -0.1) is 0 Å². The van der Waals surface area contributed by atoms with Crippen LogP contribution in [0.2, 0.25) is 0 Å². The lowest BCUT2D eigenvalue weighted by Gasteiger charge is -2.26. The smallest absolute Gasteiger partial charge is 0.418 e. The lowest BCUT2D eigenvalue weighted by molar-refractivity contribution is -0.137. The SMILES string of the molecule is CC(C)(C)OC(=O)N1CCCN(CC(=O)Nc2ccccc2C(F)(F)F)CC1. The maximum Gasteiger partial charge on any atom is 0.418 e. The molecule has 9 heteroatoms. The zero-order valence-corrected chi connectivity index (χ0v) is 16.3. The molecule has 0 aromatic heterocycles. The van der Waals surface area contributed by atoms with E-state index in [0.717, 1.165) is 6.07 Å². The van der Waals surface area contributed by atoms with Gasteiger partial charge in [-0.2, -0.15) is 13.2 Å². The highest BCUT2D eigenvalue weighted by Crippen LogP contribution is 2.34. The number of ether oxygens (including phenoxy) is 1. The molecule has 0 unspecified atom stereocenters. The third-order valence-electron chi connectivity index (χ3n) is 4.11. The van der Waals surface area contributed by atoms with Crippen molar-refractivity contribution in [2.75, 3.05) is 38.0 Å². The van der Waals surface area contributed by atoms with E-state index < -0.39 is 29.3 Å². The number of alkyl halides is 3. The molecular formula is C19H26F3N3O3. The summed E-state index contributed by atoms with van der Waals surface area (Å²) in [6.45, 7) is 7.22. The summed E-state index contributed by atoms with van der Waals surface area (Å²) < 4.78 is 44.5. The molecule has 1 heterocycles. The Morgan fingerprint density at radius 3 is 2.39 bits per heavy atom. The Labute approximate surface area is 162 Å². The fraction of sp³-hybridized carbons (Fsp3) is 0.579. The first kappa shape index (κ1) is 22.0. The number of hydrogen-bond donors (Lipinski definition) is 1. The van der Waals surface area contributed by atoms with Crippen LogP contribution in [0.15, 0.2) is 24.3 Å². The van der Waals surface area contributed by atoms with Crippen molar-refractivity contribution in [3.8, 4) is 0 Å². The van der Waals surface area contributed by atoms with Crippen molar-refractivity contribution >= 4 is 17.7 Å². The zero-order chi connectivity index (χ0) is 20.9. The Balaban J connectivity index is 1.91. The summed E-state index contributed by atoms with van der Waals surface area (Å²) in [5.74, 6) is -0.526. The van der Waals surface area contributed by atoms with Crippen LogP contribution in [0.5, 0.6) is 0 Å². The van der Waals surface area contributed by atoms with Crippen molar-refractivity contribution in [1.82, 2.24) is 9.80 Å². The van der Waals surface area contributed by atoms with Crippen LogP contribution in [-0.2, 0) is 15.7 Å². The maximum absolute atomic E-state index is 13.0. The van der Waals surface area contributed by atoms with Gasteiger partial charge in [-0.3, -0.25) is 9.69 Å². The van der Waals surface area contributed by atoms with Crippen molar-refractivity contribution in [3.63, 3.8) is 0 Å². The molecule has 156 valence electrons. The summed E-state index contributed by atoms with van der Waals surface area (Å²) >= 11 is 0. The summed E-state index contributed by atoms with van der Waals surface area (Å²) in [5, 5.41) is 2.34. The largest absolute Gasteiger partial charge is 0.444 e. The topological polar surface area (TPSA) is 61.9 Å². The van der Waals surface area contributed by atoms with Crippen LogP contribution in [0.4, 0.5) is 23.7 Å². The van der Waals surface area contributed by atoms with Gasteiger partial charge in [0.2, 0.25) is 5.91 Å². The van der Waals surface area contributed by atoms with Gasteiger partial charge in [0.05, 0.1) is 17.8 Å². The van der Waals surface area contributed by atoms with Gasteiger partial charge in [-0.25, -0.2) is 4.79 Å². The molecule has 0 aliphatic carbocycles. The molecule has 28 heavy (non-hydrogen) atoms. The van der Waals surface area contributed by atoms with Crippen LogP contribution in [0.1, 0.15) is 32.8 Å². The van der Waals surface area contributed by atoms with Gasteiger partial charge in [-0.1, -0.05) is 12.1 Å². The average Bonchev–Trinajstić information content (AvgIpc) is 2.78. The number of rotatable bonds is 3. The number of hydrogen-bond acceptors (Lipinski definition) is 4. The normalized spacial score (nSPS) is 16.4. The van der Waals surface area contributed by atoms with Crippen molar-refractivity contribution in [2.24, 2.45) is 0 Å². The molecule has 2 amide bonds. The molecule has 1 saturated heterocycles. The van der Waals surface area contributed by atoms with Gasteiger partial charge in [0.15, 0.2) is 0 Å². The van der Waals surface area contributed by atoms with E-state index in [1.165, 1.54) is 18.2 Å². The van der Waals surface area contributed by atoms with E-state index in [0.29, 0.717) is 32.6 Å². The molecular weight excluding hydrogens is 375 g/mol. The molecule has 1 N–H and O–H groups in total. The van der Waals surface area contributed by atoms with Crippen LogP contribution in [-0.4, -0.2) is 60.1 Å². The number of nitrogens with zero attached hydrogens (tertiary/aromatic N) is 2. The van der Waals surface area contributed by atoms with Gasteiger partial charge in [0.1, 0.15) is 5.60 Å². The summed E-state index contributed by atoms with van der Waals surface area (Å²) in [7, 11) is 0. The van der Waals surface area contributed by atoms with E-state index in [-0.39, 0.29) is 12.2 Å². The molecule has 1 aliphatic heterocycles. The van der Waals surface area contributed by atoms with Crippen LogP contribution < -0.4 is 5.32 Å². The third kappa shape index (κ3) is 6.70. The van der Waals surface area contributed by atoms with Crippen LogP contribution in [0, 0.1) is 0 Å². The van der Waals surface area contributed by atoms with E-state index in [1.54, 1.807) is 25.7 Å². The molecule has 2 rings (SSSR count). The monoisotopic (exact) mass is 401 g/mol. The number of carbonyl (C=O) groups is 2. The Bertz CT molecular complexity index is 702. The number of carbonyl (C=O) groups excluding carboxylic acids is 2. The number of amides is 2. The maximum atomic E-state index is 13.0. The van der Waals surface area contributed by atoms with Crippen molar-refractivity contribution in [1.29, 1.82) is 0 Å². The summed E-state index contributed by atoms with van der Waals surface area (Å²) in [6, 6.07) is 4.88. The summed E-state index contributed by atoms with van der Waals surface area (Å²) in [4.78, 5) is 27.8.